The smallest absolute Gasteiger partial charge is 0.167 e. The number of fused-ring (bicyclic) bond motifs is 13. The van der Waals surface area contributed by atoms with E-state index in [2.05, 4.69) is 209 Å². The third-order valence-corrected chi connectivity index (χ3v) is 15.0. The molecule has 0 atom stereocenters. The lowest BCUT2D eigenvalue weighted by Gasteiger charge is -2.14. The van der Waals surface area contributed by atoms with Crippen molar-refractivity contribution in [1.29, 1.82) is 0 Å². The van der Waals surface area contributed by atoms with E-state index in [1.165, 1.54) is 37.0 Å². The van der Waals surface area contributed by atoms with E-state index >= 15 is 0 Å². The molecule has 0 bridgehead atoms. The van der Waals surface area contributed by atoms with Crippen molar-refractivity contribution < 1.29 is 4.42 Å². The molecule has 5 heterocycles. The Morgan fingerprint density at radius 3 is 1.75 bits per heavy atom. The number of aromatic nitrogens is 5. The number of nitrogens with zero attached hydrogens (tertiary/aromatic N) is 5. The molecule has 0 saturated carbocycles. The van der Waals surface area contributed by atoms with Gasteiger partial charge < -0.3 is 13.6 Å². The van der Waals surface area contributed by atoms with E-state index in [9.17, 15) is 0 Å². The van der Waals surface area contributed by atoms with Crippen molar-refractivity contribution in [3.63, 3.8) is 0 Å². The van der Waals surface area contributed by atoms with E-state index in [0.29, 0.717) is 17.5 Å². The highest BCUT2D eigenvalue weighted by molar-refractivity contribution is 7.26. The van der Waals surface area contributed by atoms with Crippen LogP contribution in [0.1, 0.15) is 0 Å². The Kier molecular flexibility index (Phi) is 7.85. The zero-order valence-electron chi connectivity index (χ0n) is 36.3. The van der Waals surface area contributed by atoms with Crippen LogP contribution in [0.2, 0.25) is 0 Å². The first-order valence-electron chi connectivity index (χ1n) is 22.8. The van der Waals surface area contributed by atoms with Crippen molar-refractivity contribution in [2.24, 2.45) is 0 Å². The molecule has 0 radical (unpaired) electrons. The van der Waals surface area contributed by atoms with Gasteiger partial charge >= 0.3 is 0 Å². The fourth-order valence-electron chi connectivity index (χ4n) is 10.7. The largest absolute Gasteiger partial charge is 0.455 e. The third-order valence-electron chi connectivity index (χ3n) is 13.7. The summed E-state index contributed by atoms with van der Waals surface area (Å²) in [5, 5.41) is 11.5. The molecule has 15 rings (SSSR count). The Bertz CT molecular complexity index is 4580. The van der Waals surface area contributed by atoms with E-state index in [1.54, 1.807) is 11.3 Å². The summed E-state index contributed by atoms with van der Waals surface area (Å²) in [6.07, 6.45) is 0. The number of thiophene rings is 1. The monoisotopic (exact) mass is 885 g/mol. The predicted octanol–water partition coefficient (Wildman–Crippen LogP) is 16.5. The first kappa shape index (κ1) is 37.3. The molecule has 5 aromatic heterocycles. The third kappa shape index (κ3) is 5.42. The lowest BCUT2D eigenvalue weighted by Crippen LogP contribution is -2.03. The van der Waals surface area contributed by atoms with Crippen LogP contribution in [0.3, 0.4) is 0 Å². The van der Waals surface area contributed by atoms with Gasteiger partial charge in [-0.1, -0.05) is 140 Å². The molecule has 68 heavy (non-hydrogen) atoms. The standard InChI is InChI=1S/C61H35N5OS/c1-2-18-38(19-3-1)66-52-29-11-6-20-40(52)44-24-14-26-46(56(44)66)59-62-60(47-27-15-25-45-43-23-9-13-31-55(43)68-58(45)47)64-61(63-59)50-35-39(34-49-42-22-8-12-30-54(42)67-57(49)50)65-51-28-10-7-21-41(51)48-32-36-16-4-5-17-37(36)33-53(48)65/h1-35H. The molecular weight excluding hydrogens is 851 g/mol. The lowest BCUT2D eigenvalue weighted by molar-refractivity contribution is 0.669. The summed E-state index contributed by atoms with van der Waals surface area (Å²) in [6, 6.07) is 75.5. The molecule has 15 aromatic rings. The average Bonchev–Trinajstić information content (AvgIpc) is 4.15. The number of para-hydroxylation sites is 5. The van der Waals surface area contributed by atoms with Crippen molar-refractivity contribution in [2.45, 2.75) is 0 Å². The number of benzene rings is 10. The summed E-state index contributed by atoms with van der Waals surface area (Å²) in [6.45, 7) is 0. The summed E-state index contributed by atoms with van der Waals surface area (Å²) in [5.74, 6) is 1.70. The van der Waals surface area contributed by atoms with E-state index in [4.69, 9.17) is 19.4 Å². The number of rotatable bonds is 5. The van der Waals surface area contributed by atoms with Crippen molar-refractivity contribution in [3.8, 4) is 45.5 Å². The van der Waals surface area contributed by atoms with Gasteiger partial charge in [0.1, 0.15) is 11.2 Å². The van der Waals surface area contributed by atoms with Gasteiger partial charge in [0, 0.05) is 75.0 Å². The van der Waals surface area contributed by atoms with Crippen molar-refractivity contribution in [1.82, 2.24) is 24.1 Å². The molecule has 0 aliphatic rings. The summed E-state index contributed by atoms with van der Waals surface area (Å²) < 4.78 is 14.0. The highest BCUT2D eigenvalue weighted by Gasteiger charge is 2.25. The molecule has 10 aromatic carbocycles. The Hall–Kier alpha value is -8.91. The SMILES string of the molecule is c1ccc(-n2c3ccccc3c3cccc(-c4nc(-c5cc(-n6c7ccccc7c7cc8ccccc8cc76)cc6c5oc5ccccc56)nc(-c5cccc6c5sc5ccccc56)n4)c32)cc1. The second-order valence-electron chi connectivity index (χ2n) is 17.5. The molecule has 0 saturated heterocycles. The summed E-state index contributed by atoms with van der Waals surface area (Å²) in [4.78, 5) is 16.6. The van der Waals surface area contributed by atoms with Crippen LogP contribution in [0.5, 0.6) is 0 Å². The van der Waals surface area contributed by atoms with Gasteiger partial charge in [-0.3, -0.25) is 0 Å². The van der Waals surface area contributed by atoms with Gasteiger partial charge in [0.2, 0.25) is 0 Å². The van der Waals surface area contributed by atoms with Crippen LogP contribution in [0.15, 0.2) is 217 Å². The quantitative estimate of drug-likeness (QED) is 0.173. The minimum atomic E-state index is 0.527. The van der Waals surface area contributed by atoms with E-state index in [0.717, 1.165) is 87.5 Å². The van der Waals surface area contributed by atoms with Gasteiger partial charge in [-0.15, -0.1) is 11.3 Å². The maximum Gasteiger partial charge on any atom is 0.167 e. The summed E-state index contributed by atoms with van der Waals surface area (Å²) in [7, 11) is 0. The van der Waals surface area contributed by atoms with Crippen LogP contribution < -0.4 is 0 Å². The number of hydrogen-bond acceptors (Lipinski definition) is 5. The maximum absolute atomic E-state index is 6.92. The second kappa shape index (κ2) is 14.3. The lowest BCUT2D eigenvalue weighted by atomic mass is 10.0. The zero-order valence-corrected chi connectivity index (χ0v) is 37.1. The normalized spacial score (nSPS) is 12.1. The van der Waals surface area contributed by atoms with Crippen molar-refractivity contribution >= 4 is 108 Å². The molecule has 0 N–H and O–H groups in total. The van der Waals surface area contributed by atoms with Gasteiger partial charge in [0.15, 0.2) is 17.5 Å². The Balaban J connectivity index is 1.07. The second-order valence-corrected chi connectivity index (χ2v) is 18.6. The topological polar surface area (TPSA) is 61.7 Å². The Morgan fingerprint density at radius 2 is 0.941 bits per heavy atom. The molecule has 7 heteroatoms. The minimum Gasteiger partial charge on any atom is -0.455 e. The molecule has 316 valence electrons. The van der Waals surface area contributed by atoms with Gasteiger partial charge in [-0.05, 0) is 83.6 Å². The summed E-state index contributed by atoms with van der Waals surface area (Å²) in [5.41, 5.74) is 10.6. The van der Waals surface area contributed by atoms with Crippen LogP contribution in [0.25, 0.3) is 142 Å². The fourth-order valence-corrected chi connectivity index (χ4v) is 12.0. The molecule has 0 aliphatic carbocycles. The van der Waals surface area contributed by atoms with Crippen LogP contribution in [-0.4, -0.2) is 24.1 Å². The van der Waals surface area contributed by atoms with Gasteiger partial charge in [-0.2, -0.15) is 0 Å². The van der Waals surface area contributed by atoms with Gasteiger partial charge in [0.25, 0.3) is 0 Å². The number of hydrogen-bond donors (Lipinski definition) is 0. The van der Waals surface area contributed by atoms with Gasteiger partial charge in [0.05, 0.1) is 27.6 Å². The molecule has 0 amide bonds. The van der Waals surface area contributed by atoms with Gasteiger partial charge in [-0.25, -0.2) is 15.0 Å². The van der Waals surface area contributed by atoms with E-state index in [1.807, 2.05) is 12.1 Å². The highest BCUT2D eigenvalue weighted by Crippen LogP contribution is 2.44. The zero-order chi connectivity index (χ0) is 44.5. The van der Waals surface area contributed by atoms with Crippen LogP contribution in [0.4, 0.5) is 0 Å². The van der Waals surface area contributed by atoms with E-state index < -0.39 is 0 Å². The highest BCUT2D eigenvalue weighted by atomic mass is 32.1. The van der Waals surface area contributed by atoms with Crippen molar-refractivity contribution in [2.75, 3.05) is 0 Å². The number of furan rings is 1. The molecule has 0 aliphatic heterocycles. The van der Waals surface area contributed by atoms with Crippen LogP contribution in [-0.2, 0) is 0 Å². The molecule has 0 fully saturated rings. The van der Waals surface area contributed by atoms with Crippen LogP contribution >= 0.6 is 11.3 Å². The first-order valence-corrected chi connectivity index (χ1v) is 23.7. The molecule has 6 nitrogen and oxygen atoms in total. The maximum atomic E-state index is 6.92. The van der Waals surface area contributed by atoms with Crippen LogP contribution in [0, 0.1) is 0 Å². The fraction of sp³-hybridized carbons (Fsp3) is 0. The summed E-state index contributed by atoms with van der Waals surface area (Å²) >= 11 is 1.77. The molecule has 0 unspecified atom stereocenters. The van der Waals surface area contributed by atoms with E-state index in [-0.39, 0.29) is 0 Å². The minimum absolute atomic E-state index is 0.527. The molecular formula is C61H35N5OS. The van der Waals surface area contributed by atoms with Crippen molar-refractivity contribution in [3.05, 3.63) is 212 Å². The Morgan fingerprint density at radius 1 is 0.353 bits per heavy atom. The average molecular weight is 886 g/mol. The molecule has 0 spiro atoms. The Labute approximate surface area is 392 Å². The predicted molar refractivity (Wildman–Crippen MR) is 282 cm³/mol. The first-order chi connectivity index (χ1) is 33.7.